The summed E-state index contributed by atoms with van der Waals surface area (Å²) in [5, 5.41) is 6.14. The highest BCUT2D eigenvalue weighted by Crippen LogP contribution is 2.41. The number of carbonyl (C=O) groups excluding carboxylic acids is 2. The third kappa shape index (κ3) is 6.62. The molecule has 5 heterocycles. The number of pyridine rings is 2. The van der Waals surface area contributed by atoms with Crippen LogP contribution >= 0.6 is 11.3 Å². The van der Waals surface area contributed by atoms with Crippen molar-refractivity contribution in [2.45, 2.75) is 32.0 Å². The van der Waals surface area contributed by atoms with Gasteiger partial charge in [-0.1, -0.05) is 0 Å². The number of aliphatic imine (C=N–C) groups is 1. The van der Waals surface area contributed by atoms with E-state index in [1.807, 2.05) is 7.05 Å². The van der Waals surface area contributed by atoms with Crippen LogP contribution < -0.4 is 15.4 Å². The number of urea groups is 1. The monoisotopic (exact) mass is 589 g/mol. The summed E-state index contributed by atoms with van der Waals surface area (Å²) >= 11 is 0.801. The third-order valence-corrected chi connectivity index (χ3v) is 7.28. The lowest BCUT2D eigenvalue weighted by Gasteiger charge is -2.29. The van der Waals surface area contributed by atoms with E-state index in [1.165, 1.54) is 18.5 Å². The molecule has 0 aliphatic carbocycles. The number of esters is 1. The molecule has 0 saturated carbocycles. The van der Waals surface area contributed by atoms with Crippen molar-refractivity contribution >= 4 is 35.1 Å². The van der Waals surface area contributed by atoms with Crippen molar-refractivity contribution in [1.82, 2.24) is 25.2 Å². The molecule has 0 spiro atoms. The molecule has 1 fully saturated rings. The number of hydrogen-bond donors (Lipinski definition) is 2. The Labute approximate surface area is 236 Å². The number of halogens is 3. The van der Waals surface area contributed by atoms with Gasteiger partial charge in [0.15, 0.2) is 5.69 Å². The zero-order valence-corrected chi connectivity index (χ0v) is 22.9. The van der Waals surface area contributed by atoms with Crippen LogP contribution in [-0.2, 0) is 15.7 Å². The van der Waals surface area contributed by atoms with Crippen molar-refractivity contribution in [3.8, 4) is 27.6 Å². The minimum Gasteiger partial charge on any atom is -0.474 e. The van der Waals surface area contributed by atoms with Crippen LogP contribution in [0.25, 0.3) is 21.7 Å². The molecule has 216 valence electrons. The van der Waals surface area contributed by atoms with Crippen molar-refractivity contribution in [1.29, 1.82) is 0 Å². The highest BCUT2D eigenvalue weighted by Gasteiger charge is 2.34. The van der Waals surface area contributed by atoms with Crippen molar-refractivity contribution in [3.63, 3.8) is 0 Å². The molecular formula is C26H26F3N7O4S. The number of rotatable bonds is 7. The van der Waals surface area contributed by atoms with Crippen LogP contribution in [0.4, 0.5) is 23.8 Å². The van der Waals surface area contributed by atoms with Crippen molar-refractivity contribution in [3.05, 3.63) is 41.2 Å². The lowest BCUT2D eigenvalue weighted by molar-refractivity contribution is -0.140. The molecule has 2 aliphatic heterocycles. The van der Waals surface area contributed by atoms with Crippen LogP contribution in [0.15, 0.2) is 34.9 Å². The molecule has 2 N–H and O–H groups in total. The summed E-state index contributed by atoms with van der Waals surface area (Å²) in [7, 11) is 2.02. The molecule has 11 nitrogen and oxygen atoms in total. The van der Waals surface area contributed by atoms with Gasteiger partial charge in [0.05, 0.1) is 5.56 Å². The fourth-order valence-corrected chi connectivity index (χ4v) is 5.20. The molecule has 0 atom stereocenters. The van der Waals surface area contributed by atoms with E-state index >= 15 is 0 Å². The number of alkyl halides is 3. The average Bonchev–Trinajstić information content (AvgIpc) is 3.60. The summed E-state index contributed by atoms with van der Waals surface area (Å²) in [5.41, 5.74) is 0.358. The highest BCUT2D eigenvalue weighted by molar-refractivity contribution is 7.13. The van der Waals surface area contributed by atoms with E-state index in [4.69, 9.17) is 9.47 Å². The molecule has 2 aliphatic rings. The maximum Gasteiger partial charge on any atom is 0.434 e. The molecule has 0 unspecified atom stereocenters. The summed E-state index contributed by atoms with van der Waals surface area (Å²) in [6, 6.07) is 2.57. The number of likely N-dealkylation sites (tertiary alicyclic amines) is 1. The van der Waals surface area contributed by atoms with Gasteiger partial charge in [-0.25, -0.2) is 29.5 Å². The molecular weight excluding hydrogens is 563 g/mol. The number of nitrogens with one attached hydrogen (secondary N) is 2. The Morgan fingerprint density at radius 3 is 2.61 bits per heavy atom. The summed E-state index contributed by atoms with van der Waals surface area (Å²) in [6.07, 6.45) is -0.391. The normalized spacial score (nSPS) is 16.3. The number of piperidine rings is 1. The average molecular weight is 590 g/mol. The van der Waals surface area contributed by atoms with Crippen LogP contribution in [0, 0.1) is 0 Å². The SMILES string of the molecule is CCNC(=O)Nc1cc(-c2nc(C(F)(F)F)cs2)c(-c2cc(C3=NCC(=O)O3)cnc2OC2CCN(C)CC2)cn1. The van der Waals surface area contributed by atoms with Gasteiger partial charge < -0.3 is 19.7 Å². The van der Waals surface area contributed by atoms with Gasteiger partial charge in [-0.2, -0.15) is 13.2 Å². The maximum atomic E-state index is 13.5. The zero-order chi connectivity index (χ0) is 29.1. The Kier molecular flexibility index (Phi) is 8.17. The number of cyclic esters (lactones) is 1. The number of aromatic nitrogens is 3. The topological polar surface area (TPSA) is 131 Å². The standard InChI is InChI=1S/C26H26F3N7O4S/c1-3-30-25(38)35-20-9-17(24-34-19(13-41-24)26(27,28)29)18(11-31-20)16-8-14(22-33-12-21(37)40-22)10-32-23(16)39-15-4-6-36(2)7-5-15/h8-11,13,15H,3-7,12H2,1-2H3,(H2,30,31,35,38). The number of carbonyl (C=O) groups is 2. The van der Waals surface area contributed by atoms with E-state index in [0.29, 0.717) is 23.2 Å². The van der Waals surface area contributed by atoms with Crippen LogP contribution in [-0.4, -0.2) is 77.1 Å². The van der Waals surface area contributed by atoms with Crippen molar-refractivity contribution in [2.75, 3.05) is 38.5 Å². The van der Waals surface area contributed by atoms with Crippen molar-refractivity contribution in [2.24, 2.45) is 4.99 Å². The van der Waals surface area contributed by atoms with Gasteiger partial charge in [-0.15, -0.1) is 11.3 Å². The Morgan fingerprint density at radius 2 is 1.95 bits per heavy atom. The molecule has 41 heavy (non-hydrogen) atoms. The van der Waals surface area contributed by atoms with Gasteiger partial charge in [0.25, 0.3) is 0 Å². The van der Waals surface area contributed by atoms with Crippen LogP contribution in [0.2, 0.25) is 0 Å². The first-order valence-electron chi connectivity index (χ1n) is 12.8. The summed E-state index contributed by atoms with van der Waals surface area (Å²) in [5.74, 6) is -0.103. The number of hydrogen-bond acceptors (Lipinski definition) is 10. The van der Waals surface area contributed by atoms with Gasteiger partial charge in [0, 0.05) is 54.1 Å². The largest absolute Gasteiger partial charge is 0.474 e. The molecule has 0 aromatic carbocycles. The molecule has 3 aromatic rings. The molecule has 0 radical (unpaired) electrons. The number of anilines is 1. The molecule has 3 aromatic heterocycles. The Morgan fingerprint density at radius 1 is 1.17 bits per heavy atom. The van der Waals surface area contributed by atoms with E-state index in [2.05, 4.69) is 35.5 Å². The Balaban J connectivity index is 1.62. The number of ether oxygens (including phenoxy) is 2. The number of nitrogens with zero attached hydrogens (tertiary/aromatic N) is 5. The number of thiazole rings is 1. The van der Waals surface area contributed by atoms with Gasteiger partial charge in [0.1, 0.15) is 23.5 Å². The molecule has 1 saturated heterocycles. The maximum absolute atomic E-state index is 13.5. The minimum absolute atomic E-state index is 0.0500. The van der Waals surface area contributed by atoms with Crippen LogP contribution in [0.3, 0.4) is 0 Å². The second-order valence-electron chi connectivity index (χ2n) is 9.43. The fraction of sp³-hybridized carbons (Fsp3) is 0.385. The predicted octanol–water partition coefficient (Wildman–Crippen LogP) is 4.20. The molecule has 2 amide bonds. The first-order valence-corrected chi connectivity index (χ1v) is 13.7. The molecule has 15 heteroatoms. The Bertz CT molecular complexity index is 1490. The highest BCUT2D eigenvalue weighted by atomic mass is 32.1. The molecule has 0 bridgehead atoms. The smallest absolute Gasteiger partial charge is 0.434 e. The summed E-state index contributed by atoms with van der Waals surface area (Å²) in [6.45, 7) is 3.63. The fourth-order valence-electron chi connectivity index (χ4n) is 4.34. The Hall–Kier alpha value is -4.11. The molecule has 5 rings (SSSR count). The van der Waals surface area contributed by atoms with Gasteiger partial charge >= 0.3 is 18.2 Å². The first-order chi connectivity index (χ1) is 19.6. The lowest BCUT2D eigenvalue weighted by atomic mass is 10.0. The lowest BCUT2D eigenvalue weighted by Crippen LogP contribution is -2.35. The summed E-state index contributed by atoms with van der Waals surface area (Å²) < 4.78 is 51.9. The van der Waals surface area contributed by atoms with Crippen molar-refractivity contribution < 1.29 is 32.2 Å². The van der Waals surface area contributed by atoms with Gasteiger partial charge in [0.2, 0.25) is 11.8 Å². The second-order valence-corrected chi connectivity index (χ2v) is 10.3. The number of amides is 2. The van der Waals surface area contributed by atoms with Gasteiger partial charge in [-0.3, -0.25) is 5.32 Å². The second kappa shape index (κ2) is 11.8. The summed E-state index contributed by atoms with van der Waals surface area (Å²) in [4.78, 5) is 42.8. The zero-order valence-electron chi connectivity index (χ0n) is 22.1. The van der Waals surface area contributed by atoms with E-state index in [0.717, 1.165) is 42.6 Å². The third-order valence-electron chi connectivity index (χ3n) is 6.40. The van der Waals surface area contributed by atoms with E-state index in [-0.39, 0.29) is 40.8 Å². The minimum atomic E-state index is -4.64. The van der Waals surface area contributed by atoms with E-state index in [1.54, 1.807) is 13.0 Å². The quantitative estimate of drug-likeness (QED) is 0.392. The van der Waals surface area contributed by atoms with Crippen LogP contribution in [0.5, 0.6) is 5.88 Å². The predicted molar refractivity (Wildman–Crippen MR) is 145 cm³/mol. The van der Waals surface area contributed by atoms with Crippen LogP contribution in [0.1, 0.15) is 31.0 Å². The van der Waals surface area contributed by atoms with Gasteiger partial charge in [-0.05, 0) is 38.9 Å². The first kappa shape index (κ1) is 28.4. The van der Waals surface area contributed by atoms with E-state index < -0.39 is 23.9 Å². The van der Waals surface area contributed by atoms with E-state index in [9.17, 15) is 22.8 Å².